The number of hydrazone groups is 2. The summed E-state index contributed by atoms with van der Waals surface area (Å²) in [4.78, 5) is 62.8. The fourth-order valence-corrected chi connectivity index (χ4v) is 4.06. The molecule has 338 valence electrons. The van der Waals surface area contributed by atoms with Gasteiger partial charge in [-0.1, -0.05) is 0 Å². The molecule has 1 unspecified atom stereocenters. The second-order valence-corrected chi connectivity index (χ2v) is 13.3. The van der Waals surface area contributed by atoms with Gasteiger partial charge >= 0.3 is 5.97 Å². The van der Waals surface area contributed by atoms with E-state index in [9.17, 15) is 28.8 Å². The maximum absolute atomic E-state index is 11.7. The number of aromatic amines is 1. The lowest BCUT2D eigenvalue weighted by atomic mass is 10.1. The van der Waals surface area contributed by atoms with Crippen molar-refractivity contribution in [1.82, 2.24) is 61.2 Å². The predicted octanol–water partition coefficient (Wildman–Crippen LogP) is -0.801. The summed E-state index contributed by atoms with van der Waals surface area (Å²) in [7, 11) is 6.96. The molecule has 0 aliphatic carbocycles. The van der Waals surface area contributed by atoms with E-state index in [-0.39, 0.29) is 47.2 Å². The number of nitrogens with zero attached hydrogens (tertiary/aromatic N) is 9. The summed E-state index contributed by atoms with van der Waals surface area (Å²) >= 11 is 3.25. The number of halogens is 1. The number of aliphatic carboxylic acids is 1. The summed E-state index contributed by atoms with van der Waals surface area (Å²) < 4.78 is 5.61. The number of Topliss-reactive ketones (excluding diaryl/α,β-unsaturated/α-hetero) is 1. The number of H-pyrrole nitrogens is 1. The lowest BCUT2D eigenvalue weighted by molar-refractivity contribution is -0.138. The van der Waals surface area contributed by atoms with Gasteiger partial charge in [-0.05, 0) is 83.2 Å². The van der Waals surface area contributed by atoms with Crippen LogP contribution in [-0.4, -0.2) is 99.8 Å². The number of hydrogen-bond donors (Lipinski definition) is 10. The first kappa shape index (κ1) is 56.8. The maximum atomic E-state index is 11.7. The highest BCUT2D eigenvalue weighted by atomic mass is 79.9. The number of nitrogens with one attached hydrogen (secondary N) is 5. The van der Waals surface area contributed by atoms with Gasteiger partial charge in [-0.25, -0.2) is 16.0 Å². The fraction of sp³-hybridized carbons (Fsp3) is 0.429. The van der Waals surface area contributed by atoms with Gasteiger partial charge in [-0.3, -0.25) is 55.9 Å². The number of rotatable bonds is 4. The summed E-state index contributed by atoms with van der Waals surface area (Å²) in [6.07, 6.45) is 8.98. The van der Waals surface area contributed by atoms with E-state index in [1.807, 2.05) is 34.0 Å². The number of carboxylic acid groups (broad SMARTS) is 1. The number of hydrogen-bond acceptors (Lipinski definition) is 18. The monoisotopic (exact) mass is 922 g/mol. The van der Waals surface area contributed by atoms with Crippen LogP contribution in [0.25, 0.3) is 5.69 Å². The van der Waals surface area contributed by atoms with E-state index < -0.39 is 12.0 Å². The first-order valence-electron chi connectivity index (χ1n) is 18.0. The number of nitrogens with two attached hydrogens (primary N) is 4. The number of carboxylic acids is 1. The average Bonchev–Trinajstić information content (AvgIpc) is 3.81. The lowest BCUT2D eigenvalue weighted by Gasteiger charge is -2.14. The molecule has 2 aliphatic rings. The smallest absolute Gasteiger partial charge is 0.303 e. The molecule has 6 rings (SSSR count). The van der Waals surface area contributed by atoms with E-state index in [1.165, 1.54) is 17.7 Å². The van der Waals surface area contributed by atoms with E-state index in [0.717, 1.165) is 28.0 Å². The molecule has 0 aromatic carbocycles. The van der Waals surface area contributed by atoms with E-state index in [4.69, 9.17) is 16.6 Å². The number of aromatic nitrogens is 8. The number of hydrazine groups is 2. The Kier molecular flexibility index (Phi) is 30.3. The average molecular weight is 924 g/mol. The van der Waals surface area contributed by atoms with Crippen LogP contribution < -0.4 is 56.0 Å². The molecule has 1 atom stereocenters. The molecule has 26 heteroatoms. The number of aryl methyl sites for hydroxylation is 4. The molecule has 0 saturated heterocycles. The Morgan fingerprint density at radius 1 is 0.885 bits per heavy atom. The van der Waals surface area contributed by atoms with E-state index >= 15 is 0 Å². The number of carbonyl (C=O) groups excluding carboxylic acids is 3. The molecule has 2 amide bonds. The summed E-state index contributed by atoms with van der Waals surface area (Å²) in [5.41, 5.74) is 23.8. The van der Waals surface area contributed by atoms with Crippen LogP contribution in [-0.2, 0) is 33.3 Å². The topological polar surface area (TPSA) is 382 Å². The molecule has 0 saturated carbocycles. The SMILES string of the molecule is CC(=O)CCC(=O)O.CC1=NNC(=O)C(N)C1.CC1=NNC(=O)CC1.CNN.CNN.Cc1cc(N)c(=O)n(-c2cnn(C)c2)n1.Cc1ccc(=O)[nH]n1.Cn1cc(Br)cn1. The number of anilines is 1. The van der Waals surface area contributed by atoms with Crippen LogP contribution in [0.5, 0.6) is 0 Å². The maximum Gasteiger partial charge on any atom is 0.303 e. The molecular weight excluding hydrogens is 864 g/mol. The minimum absolute atomic E-state index is 0.0237. The standard InChI is InChI=1S/C9H11N5O.C5H9N3O.C5H8N2O.C5H6N2O.C5H8O3.C4H5BrN2.2CH6N2/c1-6-3-8(10)9(15)14(12-6)7-4-11-13(2)5-7;1-3-2-4(6)5(9)8-7-3;2*1-4-2-3-5(8)7-6-4;1-4(6)2-3-5(7)8;1-7-3-4(5)2-6-7;2*1-3-2/h3-5H,10H2,1-2H3;4H,2,6H2,1H3,(H,8,9);2-3H2,1H3,(H,7,8);2-3H,1H3,(H,7,8);2-3H2,1H3,(H,7,8);2-3H,1H3;2*3H,2H2,1H3. The molecule has 0 bridgehead atoms. The lowest BCUT2D eigenvalue weighted by Crippen LogP contribution is -2.43. The van der Waals surface area contributed by atoms with Crippen LogP contribution in [0.15, 0.2) is 67.3 Å². The van der Waals surface area contributed by atoms with Crippen molar-refractivity contribution in [2.24, 2.45) is 41.7 Å². The van der Waals surface area contributed by atoms with E-state index in [2.05, 4.69) is 85.0 Å². The van der Waals surface area contributed by atoms with Crippen molar-refractivity contribution in [2.75, 3.05) is 19.8 Å². The number of ketones is 1. The van der Waals surface area contributed by atoms with Crippen molar-refractivity contribution in [3.05, 3.63) is 79.6 Å². The molecule has 25 nitrogen and oxygen atoms in total. The van der Waals surface area contributed by atoms with Gasteiger partial charge in [-0.15, -0.1) is 0 Å². The molecule has 0 fully saturated rings. The normalized spacial score (nSPS) is 13.2. The van der Waals surface area contributed by atoms with E-state index in [0.29, 0.717) is 24.2 Å². The highest BCUT2D eigenvalue weighted by Crippen LogP contribution is 2.04. The number of carbonyl (C=O) groups is 4. The Hall–Kier alpha value is -6.32. The Labute approximate surface area is 360 Å². The van der Waals surface area contributed by atoms with Gasteiger partial charge in [0.1, 0.15) is 17.2 Å². The van der Waals surface area contributed by atoms with Gasteiger partial charge in [0.2, 0.25) is 5.91 Å². The summed E-state index contributed by atoms with van der Waals surface area (Å²) in [5, 5.41) is 33.3. The second-order valence-electron chi connectivity index (χ2n) is 12.4. The summed E-state index contributed by atoms with van der Waals surface area (Å²) in [5.74, 6) is 8.03. The van der Waals surface area contributed by atoms with Crippen molar-refractivity contribution >= 4 is 56.6 Å². The molecule has 61 heavy (non-hydrogen) atoms. The number of amides is 2. The molecule has 4 aromatic heterocycles. The zero-order chi connectivity index (χ0) is 47.1. The van der Waals surface area contributed by atoms with Crippen LogP contribution in [0, 0.1) is 13.8 Å². The van der Waals surface area contributed by atoms with Crippen LogP contribution >= 0.6 is 15.9 Å². The molecule has 14 N–H and O–H groups in total. The highest BCUT2D eigenvalue weighted by molar-refractivity contribution is 9.10. The van der Waals surface area contributed by atoms with Gasteiger partial charge in [-0.2, -0.15) is 35.3 Å². The van der Waals surface area contributed by atoms with Gasteiger partial charge in [0.05, 0.1) is 46.9 Å². The van der Waals surface area contributed by atoms with Crippen molar-refractivity contribution in [1.29, 1.82) is 0 Å². The third-order valence-electron chi connectivity index (χ3n) is 6.47. The summed E-state index contributed by atoms with van der Waals surface area (Å²) in [6, 6.07) is 4.26. The first-order valence-corrected chi connectivity index (χ1v) is 18.8. The molecule has 4 aromatic rings. The van der Waals surface area contributed by atoms with Gasteiger partial charge in [0.25, 0.3) is 17.0 Å². The van der Waals surface area contributed by atoms with Crippen LogP contribution in [0.1, 0.15) is 64.3 Å². The zero-order valence-corrected chi connectivity index (χ0v) is 37.3. The molecular formula is C35H59BrN18O7. The van der Waals surface area contributed by atoms with Gasteiger partial charge < -0.3 is 21.4 Å². The Bertz CT molecular complexity index is 2060. The zero-order valence-electron chi connectivity index (χ0n) is 35.8. The highest BCUT2D eigenvalue weighted by Gasteiger charge is 2.17. The van der Waals surface area contributed by atoms with Crippen LogP contribution in [0.2, 0.25) is 0 Å². The molecule has 6 heterocycles. The Balaban J connectivity index is 0. The van der Waals surface area contributed by atoms with E-state index in [1.54, 1.807) is 68.2 Å². The fourth-order valence-electron chi connectivity index (χ4n) is 3.68. The van der Waals surface area contributed by atoms with Crippen LogP contribution in [0.3, 0.4) is 0 Å². The minimum Gasteiger partial charge on any atom is -0.481 e. The molecule has 0 radical (unpaired) electrons. The largest absolute Gasteiger partial charge is 0.481 e. The Morgan fingerprint density at radius 3 is 1.80 bits per heavy atom. The third-order valence-corrected chi connectivity index (χ3v) is 6.88. The molecule has 0 spiro atoms. The van der Waals surface area contributed by atoms with Crippen molar-refractivity contribution in [3.63, 3.8) is 0 Å². The van der Waals surface area contributed by atoms with Crippen molar-refractivity contribution < 1.29 is 24.3 Å². The second kappa shape index (κ2) is 32.5. The number of nitrogen functional groups attached to an aromatic ring is 1. The van der Waals surface area contributed by atoms with Crippen molar-refractivity contribution in [3.8, 4) is 5.69 Å². The van der Waals surface area contributed by atoms with Gasteiger partial charge in [0.15, 0.2) is 0 Å². The van der Waals surface area contributed by atoms with Crippen LogP contribution in [0.4, 0.5) is 5.69 Å². The quantitative estimate of drug-likeness (QED) is 0.0884. The first-order chi connectivity index (χ1) is 28.6. The molecule has 2 aliphatic heterocycles. The predicted molar refractivity (Wildman–Crippen MR) is 235 cm³/mol. The minimum atomic E-state index is -0.916. The third kappa shape index (κ3) is 29.5. The van der Waals surface area contributed by atoms with Crippen molar-refractivity contribution in [2.45, 2.75) is 72.8 Å². The summed E-state index contributed by atoms with van der Waals surface area (Å²) in [6.45, 7) is 8.71. The van der Waals surface area contributed by atoms with Gasteiger partial charge in [0, 0.05) is 57.0 Å². The Morgan fingerprint density at radius 2 is 1.46 bits per heavy atom.